The third-order valence-corrected chi connectivity index (χ3v) is 3.64. The molecule has 0 bridgehead atoms. The van der Waals surface area contributed by atoms with Gasteiger partial charge >= 0.3 is 0 Å². The van der Waals surface area contributed by atoms with E-state index in [-0.39, 0.29) is 24.0 Å². The lowest BCUT2D eigenvalue weighted by atomic mass is 10.1. The maximum absolute atomic E-state index is 6.05. The molecule has 0 radical (unpaired) electrons. The zero-order valence-electron chi connectivity index (χ0n) is 12.6. The summed E-state index contributed by atoms with van der Waals surface area (Å²) >= 11 is 0. The summed E-state index contributed by atoms with van der Waals surface area (Å²) < 4.78 is 0. The van der Waals surface area contributed by atoms with Gasteiger partial charge in [-0.25, -0.2) is 0 Å². The van der Waals surface area contributed by atoms with Crippen molar-refractivity contribution < 1.29 is 0 Å². The van der Waals surface area contributed by atoms with Gasteiger partial charge in [-0.3, -0.25) is 4.99 Å². The Bertz CT molecular complexity index is 431. The molecule has 1 saturated heterocycles. The first kappa shape index (κ1) is 17.3. The van der Waals surface area contributed by atoms with Crippen molar-refractivity contribution in [2.75, 3.05) is 19.6 Å². The zero-order valence-corrected chi connectivity index (χ0v) is 14.9. The molecule has 2 N–H and O–H groups in total. The summed E-state index contributed by atoms with van der Waals surface area (Å²) in [5.41, 5.74) is 10.0. The SMILES string of the molecule is Cc1cc(C)cc(CCN=C(N)N2CCCCC2)c1.I. The van der Waals surface area contributed by atoms with Gasteiger partial charge in [-0.2, -0.15) is 0 Å². The predicted octanol–water partition coefficient (Wildman–Crippen LogP) is 3.26. The molecule has 0 saturated carbocycles. The smallest absolute Gasteiger partial charge is 0.191 e. The van der Waals surface area contributed by atoms with Gasteiger partial charge in [-0.1, -0.05) is 29.3 Å². The van der Waals surface area contributed by atoms with E-state index in [0.29, 0.717) is 0 Å². The van der Waals surface area contributed by atoms with Crippen LogP contribution in [0.1, 0.15) is 36.0 Å². The van der Waals surface area contributed by atoms with E-state index in [1.165, 1.54) is 36.0 Å². The quantitative estimate of drug-likeness (QED) is 0.492. The van der Waals surface area contributed by atoms with Crippen LogP contribution in [0.2, 0.25) is 0 Å². The van der Waals surface area contributed by atoms with E-state index >= 15 is 0 Å². The summed E-state index contributed by atoms with van der Waals surface area (Å²) in [6.07, 6.45) is 4.78. The van der Waals surface area contributed by atoms with Gasteiger partial charge in [0, 0.05) is 19.6 Å². The predicted molar refractivity (Wildman–Crippen MR) is 96.9 cm³/mol. The number of halogens is 1. The summed E-state index contributed by atoms with van der Waals surface area (Å²) in [6.45, 7) is 7.20. The molecule has 0 aromatic heterocycles. The second-order valence-corrected chi connectivity index (χ2v) is 5.53. The van der Waals surface area contributed by atoms with E-state index in [1.807, 2.05) is 0 Å². The number of aliphatic imine (C=N–C) groups is 1. The number of aryl methyl sites for hydroxylation is 2. The highest BCUT2D eigenvalue weighted by atomic mass is 127. The first-order chi connectivity index (χ1) is 9.15. The highest BCUT2D eigenvalue weighted by molar-refractivity contribution is 14.0. The number of likely N-dealkylation sites (tertiary alicyclic amines) is 1. The fourth-order valence-electron chi connectivity index (χ4n) is 2.74. The second-order valence-electron chi connectivity index (χ2n) is 5.53. The number of hydrogen-bond donors (Lipinski definition) is 1. The standard InChI is InChI=1S/C16H25N3.HI/c1-13-10-14(2)12-15(11-13)6-7-18-16(17)19-8-4-3-5-9-19;/h10-12H,3-9H2,1-2H3,(H2,17,18);1H. The molecule has 2 rings (SSSR count). The largest absolute Gasteiger partial charge is 0.370 e. The number of piperidine rings is 1. The van der Waals surface area contributed by atoms with Crippen LogP contribution in [0.3, 0.4) is 0 Å². The molecular formula is C16H26IN3. The summed E-state index contributed by atoms with van der Waals surface area (Å²) in [5.74, 6) is 0.726. The molecule has 112 valence electrons. The Labute approximate surface area is 139 Å². The highest BCUT2D eigenvalue weighted by Gasteiger charge is 2.11. The molecule has 0 unspecified atom stereocenters. The summed E-state index contributed by atoms with van der Waals surface area (Å²) in [5, 5.41) is 0. The van der Waals surface area contributed by atoms with Crippen LogP contribution in [0.25, 0.3) is 0 Å². The molecule has 4 heteroatoms. The third kappa shape index (κ3) is 5.31. The maximum atomic E-state index is 6.05. The minimum Gasteiger partial charge on any atom is -0.370 e. The number of nitrogens with zero attached hydrogens (tertiary/aromatic N) is 2. The Morgan fingerprint density at radius 2 is 1.70 bits per heavy atom. The number of guanidine groups is 1. The zero-order chi connectivity index (χ0) is 13.7. The van der Waals surface area contributed by atoms with Crippen molar-refractivity contribution in [2.45, 2.75) is 39.5 Å². The fraction of sp³-hybridized carbons (Fsp3) is 0.562. The Morgan fingerprint density at radius 1 is 1.10 bits per heavy atom. The number of rotatable bonds is 3. The topological polar surface area (TPSA) is 41.6 Å². The average molecular weight is 387 g/mol. The molecule has 0 atom stereocenters. The van der Waals surface area contributed by atoms with Crippen LogP contribution in [0, 0.1) is 13.8 Å². The van der Waals surface area contributed by atoms with Gasteiger partial charge in [0.1, 0.15) is 0 Å². The fourth-order valence-corrected chi connectivity index (χ4v) is 2.74. The molecule has 1 heterocycles. The van der Waals surface area contributed by atoms with Crippen LogP contribution in [-0.2, 0) is 6.42 Å². The van der Waals surface area contributed by atoms with Gasteiger partial charge in [0.25, 0.3) is 0 Å². The van der Waals surface area contributed by atoms with Crippen molar-refractivity contribution in [1.29, 1.82) is 0 Å². The van der Waals surface area contributed by atoms with Crippen molar-refractivity contribution in [3.63, 3.8) is 0 Å². The lowest BCUT2D eigenvalue weighted by Gasteiger charge is -2.27. The van der Waals surface area contributed by atoms with Crippen molar-refractivity contribution in [3.8, 4) is 0 Å². The van der Waals surface area contributed by atoms with Gasteiger partial charge in [-0.05, 0) is 45.1 Å². The van der Waals surface area contributed by atoms with Crippen molar-refractivity contribution in [1.82, 2.24) is 4.90 Å². The van der Waals surface area contributed by atoms with Crippen molar-refractivity contribution >= 4 is 29.9 Å². The Balaban J connectivity index is 0.00000200. The normalized spacial score (nSPS) is 15.9. The van der Waals surface area contributed by atoms with E-state index in [9.17, 15) is 0 Å². The van der Waals surface area contributed by atoms with Crippen LogP contribution in [0.4, 0.5) is 0 Å². The Morgan fingerprint density at radius 3 is 2.30 bits per heavy atom. The number of benzene rings is 1. The van der Waals surface area contributed by atoms with E-state index < -0.39 is 0 Å². The van der Waals surface area contributed by atoms with E-state index in [4.69, 9.17) is 5.73 Å². The molecule has 3 nitrogen and oxygen atoms in total. The van der Waals surface area contributed by atoms with E-state index in [0.717, 1.165) is 32.0 Å². The molecule has 1 aliphatic rings. The molecular weight excluding hydrogens is 361 g/mol. The second kappa shape index (κ2) is 8.49. The third-order valence-electron chi connectivity index (χ3n) is 3.64. The highest BCUT2D eigenvalue weighted by Crippen LogP contribution is 2.10. The van der Waals surface area contributed by atoms with Crippen LogP contribution >= 0.6 is 24.0 Å². The van der Waals surface area contributed by atoms with Crippen LogP contribution in [-0.4, -0.2) is 30.5 Å². The summed E-state index contributed by atoms with van der Waals surface area (Å²) in [7, 11) is 0. The maximum Gasteiger partial charge on any atom is 0.191 e. The molecule has 0 aliphatic carbocycles. The van der Waals surface area contributed by atoms with Crippen LogP contribution in [0.5, 0.6) is 0 Å². The minimum absolute atomic E-state index is 0. The van der Waals surface area contributed by atoms with Crippen molar-refractivity contribution in [3.05, 3.63) is 34.9 Å². The first-order valence-corrected chi connectivity index (χ1v) is 7.27. The molecule has 1 aliphatic heterocycles. The molecule has 0 amide bonds. The molecule has 1 aromatic rings. The molecule has 1 fully saturated rings. The van der Waals surface area contributed by atoms with Gasteiger partial charge in [0.05, 0.1) is 0 Å². The van der Waals surface area contributed by atoms with Crippen LogP contribution in [0.15, 0.2) is 23.2 Å². The molecule has 20 heavy (non-hydrogen) atoms. The Kier molecular flexibility index (Phi) is 7.34. The van der Waals surface area contributed by atoms with Gasteiger partial charge in [-0.15, -0.1) is 24.0 Å². The van der Waals surface area contributed by atoms with Crippen LogP contribution < -0.4 is 5.73 Å². The molecule has 1 aromatic carbocycles. The number of nitrogens with two attached hydrogens (primary N) is 1. The average Bonchev–Trinajstić information content (AvgIpc) is 2.38. The lowest BCUT2D eigenvalue weighted by Crippen LogP contribution is -2.41. The lowest BCUT2D eigenvalue weighted by molar-refractivity contribution is 0.338. The number of hydrogen-bond acceptors (Lipinski definition) is 1. The Hall–Kier alpha value is -0.780. The van der Waals surface area contributed by atoms with E-state index in [1.54, 1.807) is 0 Å². The monoisotopic (exact) mass is 387 g/mol. The van der Waals surface area contributed by atoms with Gasteiger partial charge in [0.2, 0.25) is 0 Å². The minimum atomic E-state index is 0. The van der Waals surface area contributed by atoms with Crippen molar-refractivity contribution in [2.24, 2.45) is 10.7 Å². The summed E-state index contributed by atoms with van der Waals surface area (Å²) in [4.78, 5) is 6.74. The summed E-state index contributed by atoms with van der Waals surface area (Å²) in [6, 6.07) is 6.67. The molecule has 0 spiro atoms. The van der Waals surface area contributed by atoms with E-state index in [2.05, 4.69) is 41.9 Å². The van der Waals surface area contributed by atoms with Gasteiger partial charge in [0.15, 0.2) is 5.96 Å². The first-order valence-electron chi connectivity index (χ1n) is 7.27. The van der Waals surface area contributed by atoms with Gasteiger partial charge < -0.3 is 10.6 Å².